The molecule has 1 N–H and O–H groups in total. The third kappa shape index (κ3) is 2.33. The second kappa shape index (κ2) is 4.77. The Kier molecular flexibility index (Phi) is 3.65. The summed E-state index contributed by atoms with van der Waals surface area (Å²) in [5, 5.41) is 2.66. The number of amides is 1. The Balaban J connectivity index is 2.95. The summed E-state index contributed by atoms with van der Waals surface area (Å²) in [5.74, 6) is 0.0150. The van der Waals surface area contributed by atoms with E-state index in [0.29, 0.717) is 0 Å². The minimum Gasteiger partial charge on any atom is -0.358 e. The van der Waals surface area contributed by atoms with Gasteiger partial charge in [0.2, 0.25) is 5.91 Å². The molecule has 1 atom stereocenters. The molecular formula is C11H16N2O. The summed E-state index contributed by atoms with van der Waals surface area (Å²) >= 11 is 0. The molecule has 1 aromatic rings. The minimum absolute atomic E-state index is 0.0150. The molecule has 14 heavy (non-hydrogen) atoms. The summed E-state index contributed by atoms with van der Waals surface area (Å²) in [5.41, 5.74) is 1.01. The maximum atomic E-state index is 11.6. The van der Waals surface area contributed by atoms with E-state index in [9.17, 15) is 4.79 Å². The van der Waals surface area contributed by atoms with Crippen LogP contribution in [0.2, 0.25) is 0 Å². The smallest absolute Gasteiger partial charge is 0.241 e. The van der Waals surface area contributed by atoms with E-state index in [-0.39, 0.29) is 11.9 Å². The Morgan fingerprint density at radius 2 is 1.86 bits per heavy atom. The Labute approximate surface area is 84.7 Å². The first-order chi connectivity index (χ1) is 6.66. The van der Waals surface area contributed by atoms with Gasteiger partial charge in [-0.25, -0.2) is 0 Å². The molecule has 3 nitrogen and oxygen atoms in total. The maximum absolute atomic E-state index is 11.6. The van der Waals surface area contributed by atoms with Crippen LogP contribution in [0.4, 0.5) is 0 Å². The summed E-state index contributed by atoms with van der Waals surface area (Å²) < 4.78 is 0. The highest BCUT2D eigenvalue weighted by Crippen LogP contribution is 2.17. The molecule has 1 aromatic carbocycles. The maximum Gasteiger partial charge on any atom is 0.241 e. The average Bonchev–Trinajstić information content (AvgIpc) is 2.19. The van der Waals surface area contributed by atoms with Crippen LogP contribution < -0.4 is 5.32 Å². The zero-order chi connectivity index (χ0) is 10.6. The summed E-state index contributed by atoms with van der Waals surface area (Å²) in [4.78, 5) is 13.5. The molecule has 0 saturated heterocycles. The SMILES string of the molecule is CNC(=O)[C@@H](c1ccccc1)N(C)C. The predicted octanol–water partition coefficient (Wildman–Crippen LogP) is 1.04. The van der Waals surface area contributed by atoms with Crippen LogP contribution in [0.1, 0.15) is 11.6 Å². The third-order valence-corrected chi connectivity index (χ3v) is 2.13. The van der Waals surface area contributed by atoms with Crippen molar-refractivity contribution in [2.45, 2.75) is 6.04 Å². The predicted molar refractivity (Wildman–Crippen MR) is 56.9 cm³/mol. The van der Waals surface area contributed by atoms with Crippen molar-refractivity contribution < 1.29 is 4.79 Å². The van der Waals surface area contributed by atoms with Crippen LogP contribution in [0.5, 0.6) is 0 Å². The molecule has 1 rings (SSSR count). The Hall–Kier alpha value is -1.35. The van der Waals surface area contributed by atoms with E-state index in [1.807, 2.05) is 49.3 Å². The second-order valence-electron chi connectivity index (χ2n) is 3.39. The normalized spacial score (nSPS) is 12.6. The minimum atomic E-state index is -0.207. The van der Waals surface area contributed by atoms with Crippen molar-refractivity contribution in [3.63, 3.8) is 0 Å². The van der Waals surface area contributed by atoms with Crippen molar-refractivity contribution in [3.8, 4) is 0 Å². The van der Waals surface area contributed by atoms with E-state index in [1.54, 1.807) is 7.05 Å². The first kappa shape index (κ1) is 10.7. The van der Waals surface area contributed by atoms with Crippen LogP contribution >= 0.6 is 0 Å². The quantitative estimate of drug-likeness (QED) is 0.776. The molecule has 0 aliphatic carbocycles. The fraction of sp³-hybridized carbons (Fsp3) is 0.364. The van der Waals surface area contributed by atoms with E-state index >= 15 is 0 Å². The molecule has 0 aliphatic rings. The Bertz CT molecular complexity index is 295. The van der Waals surface area contributed by atoms with Crippen molar-refractivity contribution in [1.82, 2.24) is 10.2 Å². The fourth-order valence-electron chi connectivity index (χ4n) is 1.46. The second-order valence-corrected chi connectivity index (χ2v) is 3.39. The number of rotatable bonds is 3. The third-order valence-electron chi connectivity index (χ3n) is 2.13. The van der Waals surface area contributed by atoms with E-state index in [2.05, 4.69) is 5.32 Å². The summed E-state index contributed by atoms with van der Waals surface area (Å²) in [7, 11) is 5.45. The molecule has 0 fully saturated rings. The molecular weight excluding hydrogens is 176 g/mol. The van der Waals surface area contributed by atoms with Crippen LogP contribution in [-0.4, -0.2) is 32.0 Å². The van der Waals surface area contributed by atoms with Crippen molar-refractivity contribution in [3.05, 3.63) is 35.9 Å². The number of nitrogens with one attached hydrogen (secondary N) is 1. The van der Waals surface area contributed by atoms with Gasteiger partial charge in [0.15, 0.2) is 0 Å². The van der Waals surface area contributed by atoms with Crippen LogP contribution in [0.15, 0.2) is 30.3 Å². The van der Waals surface area contributed by atoms with Gasteiger partial charge in [-0.05, 0) is 19.7 Å². The summed E-state index contributed by atoms with van der Waals surface area (Å²) in [6.45, 7) is 0. The number of carbonyl (C=O) groups is 1. The molecule has 0 aromatic heterocycles. The zero-order valence-corrected chi connectivity index (χ0v) is 8.82. The first-order valence-corrected chi connectivity index (χ1v) is 4.59. The van der Waals surface area contributed by atoms with E-state index in [0.717, 1.165) is 5.56 Å². The Morgan fingerprint density at radius 1 is 1.29 bits per heavy atom. The lowest BCUT2D eigenvalue weighted by Gasteiger charge is -2.22. The van der Waals surface area contributed by atoms with Crippen molar-refractivity contribution >= 4 is 5.91 Å². The molecule has 1 amide bonds. The number of hydrogen-bond donors (Lipinski definition) is 1. The van der Waals surface area contributed by atoms with Crippen LogP contribution in [0.3, 0.4) is 0 Å². The van der Waals surface area contributed by atoms with Gasteiger partial charge in [0.25, 0.3) is 0 Å². The van der Waals surface area contributed by atoms with E-state index in [4.69, 9.17) is 0 Å². The lowest BCUT2D eigenvalue weighted by Crippen LogP contribution is -2.34. The van der Waals surface area contributed by atoms with Gasteiger partial charge in [0.05, 0.1) is 0 Å². The first-order valence-electron chi connectivity index (χ1n) is 4.59. The van der Waals surface area contributed by atoms with Crippen molar-refractivity contribution in [1.29, 1.82) is 0 Å². The zero-order valence-electron chi connectivity index (χ0n) is 8.82. The molecule has 0 radical (unpaired) electrons. The fourth-order valence-corrected chi connectivity index (χ4v) is 1.46. The molecule has 0 aliphatic heterocycles. The van der Waals surface area contributed by atoms with Gasteiger partial charge in [-0.15, -0.1) is 0 Å². The standard InChI is InChI=1S/C11H16N2O/c1-12-11(14)10(13(2)3)9-7-5-4-6-8-9/h4-8,10H,1-3H3,(H,12,14)/t10-/m1/s1. The molecule has 0 saturated carbocycles. The van der Waals surface area contributed by atoms with Gasteiger partial charge < -0.3 is 5.32 Å². The van der Waals surface area contributed by atoms with E-state index < -0.39 is 0 Å². The van der Waals surface area contributed by atoms with Gasteiger partial charge in [-0.2, -0.15) is 0 Å². The molecule has 0 bridgehead atoms. The van der Waals surface area contributed by atoms with Gasteiger partial charge in [0.1, 0.15) is 6.04 Å². The molecule has 0 heterocycles. The van der Waals surface area contributed by atoms with Gasteiger partial charge in [0, 0.05) is 7.05 Å². The summed E-state index contributed by atoms with van der Waals surface area (Å²) in [6.07, 6.45) is 0. The van der Waals surface area contributed by atoms with Gasteiger partial charge >= 0.3 is 0 Å². The van der Waals surface area contributed by atoms with E-state index in [1.165, 1.54) is 0 Å². The number of benzene rings is 1. The number of nitrogens with zero attached hydrogens (tertiary/aromatic N) is 1. The largest absolute Gasteiger partial charge is 0.358 e. The highest BCUT2D eigenvalue weighted by atomic mass is 16.2. The van der Waals surface area contributed by atoms with Crippen molar-refractivity contribution in [2.75, 3.05) is 21.1 Å². The lowest BCUT2D eigenvalue weighted by molar-refractivity contribution is -0.125. The van der Waals surface area contributed by atoms with Crippen LogP contribution in [0, 0.1) is 0 Å². The average molecular weight is 192 g/mol. The molecule has 3 heteroatoms. The monoisotopic (exact) mass is 192 g/mol. The number of carbonyl (C=O) groups excluding carboxylic acids is 1. The number of hydrogen-bond acceptors (Lipinski definition) is 2. The summed E-state index contributed by atoms with van der Waals surface area (Å²) in [6, 6.07) is 9.53. The van der Waals surface area contributed by atoms with Crippen LogP contribution in [0.25, 0.3) is 0 Å². The van der Waals surface area contributed by atoms with Crippen LogP contribution in [-0.2, 0) is 4.79 Å². The van der Waals surface area contributed by atoms with Crippen molar-refractivity contribution in [2.24, 2.45) is 0 Å². The highest BCUT2D eigenvalue weighted by molar-refractivity contribution is 5.82. The molecule has 0 unspecified atom stereocenters. The molecule has 0 spiro atoms. The lowest BCUT2D eigenvalue weighted by atomic mass is 10.1. The Morgan fingerprint density at radius 3 is 2.29 bits per heavy atom. The van der Waals surface area contributed by atoms with Gasteiger partial charge in [-0.3, -0.25) is 9.69 Å². The highest BCUT2D eigenvalue weighted by Gasteiger charge is 2.20. The number of likely N-dealkylation sites (N-methyl/N-ethyl adjacent to an activating group) is 2. The van der Waals surface area contributed by atoms with Gasteiger partial charge in [-0.1, -0.05) is 30.3 Å². The molecule has 76 valence electrons. The topological polar surface area (TPSA) is 32.3 Å².